The minimum absolute atomic E-state index is 0.0434. The van der Waals surface area contributed by atoms with E-state index in [-0.39, 0.29) is 17.2 Å². The molecule has 1 N–H and O–H groups in total. The molecule has 1 aromatic carbocycles. The van der Waals surface area contributed by atoms with E-state index < -0.39 is 30.3 Å². The third-order valence-electron chi connectivity index (χ3n) is 4.14. The molecule has 0 atom stereocenters. The molecule has 0 fully saturated rings. The maximum Gasteiger partial charge on any atom is 0.341 e. The molecule has 1 aliphatic carbocycles. The van der Waals surface area contributed by atoms with Crippen molar-refractivity contribution in [2.45, 2.75) is 26.2 Å². The Balaban J connectivity index is 1.67. The van der Waals surface area contributed by atoms with E-state index in [4.69, 9.17) is 21.1 Å². The summed E-state index contributed by atoms with van der Waals surface area (Å²) in [5.41, 5.74) is 1.24. The Labute approximate surface area is 169 Å². The van der Waals surface area contributed by atoms with Crippen molar-refractivity contribution in [3.63, 3.8) is 0 Å². The van der Waals surface area contributed by atoms with E-state index in [9.17, 15) is 18.8 Å². The van der Waals surface area contributed by atoms with Crippen molar-refractivity contribution in [3.8, 4) is 0 Å². The van der Waals surface area contributed by atoms with Crippen LogP contribution in [0.5, 0.6) is 0 Å². The Morgan fingerprint density at radius 3 is 2.71 bits per heavy atom. The first-order valence-corrected chi connectivity index (χ1v) is 9.83. The third-order valence-corrected chi connectivity index (χ3v) is 5.66. The molecule has 9 heteroatoms. The van der Waals surface area contributed by atoms with Crippen LogP contribution in [0.4, 0.5) is 9.39 Å². The number of amides is 1. The molecule has 1 aliphatic rings. The molecular weight excluding hydrogens is 409 g/mol. The summed E-state index contributed by atoms with van der Waals surface area (Å²) in [5, 5.41) is 2.90. The van der Waals surface area contributed by atoms with Gasteiger partial charge in [0.25, 0.3) is 5.91 Å². The van der Waals surface area contributed by atoms with Crippen molar-refractivity contribution in [2.24, 2.45) is 0 Å². The van der Waals surface area contributed by atoms with Gasteiger partial charge in [0.15, 0.2) is 6.61 Å². The van der Waals surface area contributed by atoms with Gasteiger partial charge in [0.05, 0.1) is 22.8 Å². The number of carbonyl (C=O) groups excluding carboxylic acids is 3. The normalized spacial score (nSPS) is 12.4. The van der Waals surface area contributed by atoms with Crippen LogP contribution >= 0.6 is 22.9 Å². The lowest BCUT2D eigenvalue weighted by Gasteiger charge is -2.09. The highest BCUT2D eigenvalue weighted by Crippen LogP contribution is 2.39. The minimum atomic E-state index is -0.848. The van der Waals surface area contributed by atoms with Crippen LogP contribution in [0.1, 0.15) is 44.5 Å². The van der Waals surface area contributed by atoms with Gasteiger partial charge < -0.3 is 14.8 Å². The highest BCUT2D eigenvalue weighted by molar-refractivity contribution is 7.17. The number of hydrogen-bond acceptors (Lipinski definition) is 6. The number of benzene rings is 1. The van der Waals surface area contributed by atoms with Crippen LogP contribution in [0.15, 0.2) is 18.2 Å². The number of esters is 2. The van der Waals surface area contributed by atoms with Gasteiger partial charge in [0, 0.05) is 4.88 Å². The summed E-state index contributed by atoms with van der Waals surface area (Å²) < 4.78 is 23.1. The van der Waals surface area contributed by atoms with Crippen molar-refractivity contribution < 1.29 is 28.2 Å². The van der Waals surface area contributed by atoms with Crippen molar-refractivity contribution in [3.05, 3.63) is 50.6 Å². The summed E-state index contributed by atoms with van der Waals surface area (Å²) >= 11 is 7.14. The molecule has 0 aliphatic heterocycles. The fourth-order valence-electron chi connectivity index (χ4n) is 2.94. The first-order valence-electron chi connectivity index (χ1n) is 8.64. The topological polar surface area (TPSA) is 81.7 Å². The van der Waals surface area contributed by atoms with E-state index in [1.165, 1.54) is 17.4 Å². The number of anilines is 1. The van der Waals surface area contributed by atoms with Gasteiger partial charge in [-0.1, -0.05) is 11.6 Å². The van der Waals surface area contributed by atoms with Crippen molar-refractivity contribution >= 4 is 45.8 Å². The summed E-state index contributed by atoms with van der Waals surface area (Å²) in [5.74, 6) is -2.51. The smallest absolute Gasteiger partial charge is 0.341 e. The van der Waals surface area contributed by atoms with Gasteiger partial charge >= 0.3 is 11.9 Å². The van der Waals surface area contributed by atoms with E-state index in [0.717, 1.165) is 41.8 Å². The van der Waals surface area contributed by atoms with Crippen molar-refractivity contribution in [1.29, 1.82) is 0 Å². The third kappa shape index (κ3) is 4.34. The predicted octanol–water partition coefficient (Wildman–Crippen LogP) is 4.00. The summed E-state index contributed by atoms with van der Waals surface area (Å²) in [6, 6.07) is 3.24. The molecule has 1 aromatic heterocycles. The molecule has 148 valence electrons. The second-order valence-corrected chi connectivity index (χ2v) is 7.54. The number of ether oxygens (including phenoxy) is 2. The Morgan fingerprint density at radius 1 is 1.21 bits per heavy atom. The summed E-state index contributed by atoms with van der Waals surface area (Å²) in [7, 11) is 0. The number of halogens is 2. The van der Waals surface area contributed by atoms with Crippen LogP contribution in [0.2, 0.25) is 5.02 Å². The zero-order valence-corrected chi connectivity index (χ0v) is 16.5. The van der Waals surface area contributed by atoms with Gasteiger partial charge in [-0.05, 0) is 49.9 Å². The van der Waals surface area contributed by atoms with Gasteiger partial charge in [-0.3, -0.25) is 4.79 Å². The number of hydrogen-bond donors (Lipinski definition) is 1. The van der Waals surface area contributed by atoms with E-state index in [1.54, 1.807) is 6.92 Å². The number of carbonyl (C=O) groups is 3. The minimum Gasteiger partial charge on any atom is -0.462 e. The van der Waals surface area contributed by atoms with Crippen LogP contribution in [0.25, 0.3) is 0 Å². The summed E-state index contributed by atoms with van der Waals surface area (Å²) in [6.07, 6.45) is 2.56. The fraction of sp³-hybridized carbons (Fsp3) is 0.316. The quantitative estimate of drug-likeness (QED) is 0.707. The molecule has 0 unspecified atom stereocenters. The average molecular weight is 426 g/mol. The number of rotatable bonds is 6. The molecule has 0 radical (unpaired) electrons. The lowest BCUT2D eigenvalue weighted by atomic mass is 10.1. The second kappa shape index (κ2) is 8.70. The average Bonchev–Trinajstić information content (AvgIpc) is 3.20. The molecule has 0 spiro atoms. The van der Waals surface area contributed by atoms with Crippen LogP contribution in [-0.4, -0.2) is 31.1 Å². The molecule has 28 heavy (non-hydrogen) atoms. The highest BCUT2D eigenvalue weighted by Gasteiger charge is 2.28. The second-order valence-electron chi connectivity index (χ2n) is 6.03. The number of fused-ring (bicyclic) bond motifs is 1. The molecule has 0 saturated heterocycles. The van der Waals surface area contributed by atoms with Gasteiger partial charge in [-0.25, -0.2) is 14.0 Å². The Morgan fingerprint density at radius 2 is 2.00 bits per heavy atom. The molecule has 6 nitrogen and oxygen atoms in total. The molecule has 0 bridgehead atoms. The molecule has 1 amide bonds. The van der Waals surface area contributed by atoms with Crippen LogP contribution in [0.3, 0.4) is 0 Å². The van der Waals surface area contributed by atoms with Crippen molar-refractivity contribution in [1.82, 2.24) is 0 Å². The zero-order valence-electron chi connectivity index (χ0n) is 15.0. The molecular formula is C19H17ClFNO5S. The van der Waals surface area contributed by atoms with Gasteiger partial charge in [-0.2, -0.15) is 0 Å². The monoisotopic (exact) mass is 425 g/mol. The molecule has 1 heterocycles. The largest absolute Gasteiger partial charge is 0.462 e. The number of nitrogens with one attached hydrogen (secondary N) is 1. The molecule has 3 rings (SSSR count). The van der Waals surface area contributed by atoms with Crippen LogP contribution in [0, 0.1) is 5.82 Å². The SMILES string of the molecule is CCOC(=O)c1c(NC(=O)COC(=O)c2ccc(F)cc2Cl)sc2c1CCC2. The van der Waals surface area contributed by atoms with Crippen molar-refractivity contribution in [2.75, 3.05) is 18.5 Å². The molecule has 2 aromatic rings. The maximum absolute atomic E-state index is 13.1. The summed E-state index contributed by atoms with van der Waals surface area (Å²) in [4.78, 5) is 37.6. The maximum atomic E-state index is 13.1. The lowest BCUT2D eigenvalue weighted by Crippen LogP contribution is -2.22. The lowest BCUT2D eigenvalue weighted by molar-refractivity contribution is -0.119. The predicted molar refractivity (Wildman–Crippen MR) is 103 cm³/mol. The Bertz CT molecular complexity index is 943. The standard InChI is InChI=1S/C19H17ClFNO5S/c1-2-26-19(25)16-12-4-3-5-14(12)28-17(16)22-15(23)9-27-18(24)11-7-6-10(21)8-13(11)20/h6-8H,2-5,9H2,1H3,(H,22,23). The number of aryl methyl sites for hydroxylation is 1. The number of thiophene rings is 1. The Hall–Kier alpha value is -2.45. The highest BCUT2D eigenvalue weighted by atomic mass is 35.5. The first-order chi connectivity index (χ1) is 13.4. The van der Waals surface area contributed by atoms with Crippen LogP contribution < -0.4 is 5.32 Å². The van der Waals surface area contributed by atoms with E-state index in [2.05, 4.69) is 5.32 Å². The van der Waals surface area contributed by atoms with E-state index in [0.29, 0.717) is 10.6 Å². The van der Waals surface area contributed by atoms with Crippen LogP contribution in [-0.2, 0) is 27.1 Å². The summed E-state index contributed by atoms with van der Waals surface area (Å²) in [6.45, 7) is 1.37. The van der Waals surface area contributed by atoms with E-state index >= 15 is 0 Å². The van der Waals surface area contributed by atoms with Gasteiger partial charge in [0.1, 0.15) is 10.8 Å². The van der Waals surface area contributed by atoms with E-state index in [1.807, 2.05) is 0 Å². The zero-order chi connectivity index (χ0) is 20.3. The fourth-order valence-corrected chi connectivity index (χ4v) is 4.48. The van der Waals surface area contributed by atoms with Gasteiger partial charge in [-0.15, -0.1) is 11.3 Å². The first kappa shape index (κ1) is 20.3. The van der Waals surface area contributed by atoms with Gasteiger partial charge in [0.2, 0.25) is 0 Å². The molecule has 0 saturated carbocycles. The Kier molecular flexibility index (Phi) is 6.31.